The van der Waals surface area contributed by atoms with Crippen molar-refractivity contribution in [3.63, 3.8) is 0 Å². The maximum absolute atomic E-state index is 13.9. The van der Waals surface area contributed by atoms with Gasteiger partial charge < -0.3 is 15.3 Å². The number of carbonyl (C=O) groups excluding carboxylic acids is 1. The normalized spacial score (nSPS) is 28.0. The molecule has 0 spiro atoms. The summed E-state index contributed by atoms with van der Waals surface area (Å²) in [6.45, 7) is 3.22. The summed E-state index contributed by atoms with van der Waals surface area (Å²) in [5.41, 5.74) is -0.634. The number of aromatic hydroxyl groups is 1. The van der Waals surface area contributed by atoms with E-state index in [9.17, 15) is 23.1 Å². The minimum atomic E-state index is -1.68. The van der Waals surface area contributed by atoms with Gasteiger partial charge in [-0.2, -0.15) is 4.39 Å². The zero-order valence-corrected chi connectivity index (χ0v) is 11.4. The van der Waals surface area contributed by atoms with Crippen LogP contribution in [0.25, 0.3) is 0 Å². The lowest BCUT2D eigenvalue weighted by molar-refractivity contribution is 0.0675. The van der Waals surface area contributed by atoms with E-state index in [1.165, 1.54) is 4.90 Å². The molecule has 0 aliphatic carbocycles. The largest absolute Gasteiger partial charge is 0.503 e. The molecule has 2 N–H and O–H groups in total. The van der Waals surface area contributed by atoms with Crippen molar-refractivity contribution in [1.82, 2.24) is 10.2 Å². The molecule has 3 atom stereocenters. The van der Waals surface area contributed by atoms with Gasteiger partial charge >= 0.3 is 0 Å². The Bertz CT molecular complexity index is 608. The van der Waals surface area contributed by atoms with Crippen molar-refractivity contribution in [2.45, 2.75) is 25.4 Å². The van der Waals surface area contributed by atoms with E-state index in [4.69, 9.17) is 0 Å². The Morgan fingerprint density at radius 3 is 2.76 bits per heavy atom. The highest BCUT2D eigenvalue weighted by molar-refractivity contribution is 5.95. The van der Waals surface area contributed by atoms with Gasteiger partial charge in [-0.05, 0) is 25.3 Å². The predicted molar refractivity (Wildman–Crippen MR) is 68.4 cm³/mol. The summed E-state index contributed by atoms with van der Waals surface area (Å²) in [5, 5.41) is 12.4. The SMILES string of the molecule is CC1CC2CNCC2N1C(=O)c1cc(F)c(F)c(O)c1F. The first kappa shape index (κ1) is 14.2. The smallest absolute Gasteiger partial charge is 0.257 e. The van der Waals surface area contributed by atoms with E-state index in [2.05, 4.69) is 5.32 Å². The van der Waals surface area contributed by atoms with Gasteiger partial charge in [0.1, 0.15) is 0 Å². The summed E-state index contributed by atoms with van der Waals surface area (Å²) in [4.78, 5) is 14.0. The van der Waals surface area contributed by atoms with Crippen LogP contribution in [-0.2, 0) is 0 Å². The quantitative estimate of drug-likeness (QED) is 0.775. The monoisotopic (exact) mass is 300 g/mol. The Balaban J connectivity index is 1.99. The lowest BCUT2D eigenvalue weighted by atomic mass is 10.0. The molecule has 1 aromatic rings. The number of hydrogen-bond donors (Lipinski definition) is 2. The number of fused-ring (bicyclic) bond motifs is 1. The molecule has 1 aromatic carbocycles. The van der Waals surface area contributed by atoms with Crippen molar-refractivity contribution in [1.29, 1.82) is 0 Å². The molecule has 1 amide bonds. The van der Waals surface area contributed by atoms with Crippen molar-refractivity contribution < 1.29 is 23.1 Å². The van der Waals surface area contributed by atoms with Gasteiger partial charge in [0.05, 0.1) is 5.56 Å². The van der Waals surface area contributed by atoms with Crippen molar-refractivity contribution in [2.75, 3.05) is 13.1 Å². The van der Waals surface area contributed by atoms with E-state index in [1.807, 2.05) is 6.92 Å². The maximum Gasteiger partial charge on any atom is 0.257 e. The molecule has 2 fully saturated rings. The van der Waals surface area contributed by atoms with Crippen LogP contribution >= 0.6 is 0 Å². The summed E-state index contributed by atoms with van der Waals surface area (Å²) < 4.78 is 40.3. The summed E-state index contributed by atoms with van der Waals surface area (Å²) in [6.07, 6.45) is 0.778. The zero-order chi connectivity index (χ0) is 15.3. The van der Waals surface area contributed by atoms with Crippen LogP contribution in [-0.4, -0.2) is 41.1 Å². The number of hydrogen-bond acceptors (Lipinski definition) is 3. The number of rotatable bonds is 1. The third-order valence-corrected chi connectivity index (χ3v) is 4.38. The number of benzene rings is 1. The van der Waals surface area contributed by atoms with Gasteiger partial charge in [0, 0.05) is 25.2 Å². The van der Waals surface area contributed by atoms with Gasteiger partial charge in [0.25, 0.3) is 5.91 Å². The molecule has 2 aliphatic heterocycles. The van der Waals surface area contributed by atoms with Crippen LogP contribution in [0.2, 0.25) is 0 Å². The van der Waals surface area contributed by atoms with Crippen LogP contribution in [0.4, 0.5) is 13.2 Å². The summed E-state index contributed by atoms with van der Waals surface area (Å²) in [6, 6.07) is 0.321. The van der Waals surface area contributed by atoms with Gasteiger partial charge in [-0.3, -0.25) is 4.79 Å². The van der Waals surface area contributed by atoms with Crippen LogP contribution in [0, 0.1) is 23.4 Å². The fourth-order valence-electron chi connectivity index (χ4n) is 3.40. The molecular weight excluding hydrogens is 285 g/mol. The minimum absolute atomic E-state index is 0.0813. The van der Waals surface area contributed by atoms with Crippen molar-refractivity contribution in [3.8, 4) is 5.75 Å². The molecule has 3 unspecified atom stereocenters. The topological polar surface area (TPSA) is 52.6 Å². The molecule has 4 nitrogen and oxygen atoms in total. The third-order valence-electron chi connectivity index (χ3n) is 4.38. The first-order valence-electron chi connectivity index (χ1n) is 6.81. The van der Waals surface area contributed by atoms with Gasteiger partial charge in [-0.15, -0.1) is 0 Å². The lowest BCUT2D eigenvalue weighted by Gasteiger charge is -2.28. The Morgan fingerprint density at radius 1 is 1.33 bits per heavy atom. The summed E-state index contributed by atoms with van der Waals surface area (Å²) in [5.74, 6) is -6.42. The average Bonchev–Trinajstić information content (AvgIpc) is 2.99. The number of halogens is 3. The summed E-state index contributed by atoms with van der Waals surface area (Å²) >= 11 is 0. The molecule has 0 bridgehead atoms. The van der Waals surface area contributed by atoms with Crippen LogP contribution in [0.1, 0.15) is 23.7 Å². The highest BCUT2D eigenvalue weighted by Crippen LogP contribution is 2.35. The second-order valence-electron chi connectivity index (χ2n) is 5.67. The molecule has 2 aliphatic rings. The van der Waals surface area contributed by atoms with E-state index in [1.54, 1.807) is 0 Å². The lowest BCUT2D eigenvalue weighted by Crippen LogP contribution is -2.43. The second kappa shape index (κ2) is 4.91. The Labute approximate surface area is 119 Å². The van der Waals surface area contributed by atoms with Gasteiger partial charge in [0.15, 0.2) is 17.4 Å². The number of carbonyl (C=O) groups is 1. The number of nitrogens with zero attached hydrogens (tertiary/aromatic N) is 1. The molecule has 2 heterocycles. The number of amides is 1. The standard InChI is InChI=1S/C14H15F3N2O2/c1-6-2-7-4-18-5-10(7)19(6)14(21)8-3-9(15)12(17)13(20)11(8)16/h3,6-7,10,18,20H,2,4-5H2,1H3. The van der Waals surface area contributed by atoms with Gasteiger partial charge in [-0.1, -0.05) is 0 Å². The zero-order valence-electron chi connectivity index (χ0n) is 11.4. The Kier molecular flexibility index (Phi) is 3.32. The second-order valence-corrected chi connectivity index (χ2v) is 5.67. The molecule has 7 heteroatoms. The number of phenolic OH excluding ortho intramolecular Hbond substituents is 1. The average molecular weight is 300 g/mol. The van der Waals surface area contributed by atoms with E-state index in [0.717, 1.165) is 13.0 Å². The molecule has 0 aromatic heterocycles. The number of nitrogens with one attached hydrogen (secondary N) is 1. The first-order chi connectivity index (χ1) is 9.91. The third kappa shape index (κ3) is 2.07. The van der Waals surface area contributed by atoms with Crippen LogP contribution in [0.15, 0.2) is 6.07 Å². The van der Waals surface area contributed by atoms with Crippen molar-refractivity contribution >= 4 is 5.91 Å². The van der Waals surface area contributed by atoms with Crippen LogP contribution in [0.3, 0.4) is 0 Å². The van der Waals surface area contributed by atoms with Crippen LogP contribution < -0.4 is 5.32 Å². The summed E-state index contributed by atoms with van der Waals surface area (Å²) in [7, 11) is 0. The minimum Gasteiger partial charge on any atom is -0.503 e. The first-order valence-corrected chi connectivity index (χ1v) is 6.81. The highest BCUT2D eigenvalue weighted by Gasteiger charge is 2.45. The highest BCUT2D eigenvalue weighted by atomic mass is 19.2. The molecule has 0 radical (unpaired) electrons. The molecule has 114 valence electrons. The Morgan fingerprint density at radius 2 is 2.05 bits per heavy atom. The van der Waals surface area contributed by atoms with E-state index < -0.39 is 34.7 Å². The van der Waals surface area contributed by atoms with Gasteiger partial charge in [-0.25, -0.2) is 8.78 Å². The maximum atomic E-state index is 13.9. The van der Waals surface area contributed by atoms with E-state index >= 15 is 0 Å². The van der Waals surface area contributed by atoms with E-state index in [-0.39, 0.29) is 18.0 Å². The van der Waals surface area contributed by atoms with Gasteiger partial charge in [0.2, 0.25) is 5.82 Å². The molecular formula is C14H15F3N2O2. The Hall–Kier alpha value is -1.76. The van der Waals surface area contributed by atoms with E-state index in [0.29, 0.717) is 12.6 Å². The molecule has 2 saturated heterocycles. The molecule has 21 heavy (non-hydrogen) atoms. The number of phenols is 1. The predicted octanol–water partition coefficient (Wildman–Crippen LogP) is 1.63. The fraction of sp³-hybridized carbons (Fsp3) is 0.500. The number of likely N-dealkylation sites (tertiary alicyclic amines) is 1. The van der Waals surface area contributed by atoms with Crippen molar-refractivity contribution in [2.24, 2.45) is 5.92 Å². The van der Waals surface area contributed by atoms with Crippen molar-refractivity contribution in [3.05, 3.63) is 29.1 Å². The molecule has 0 saturated carbocycles. The molecule has 3 rings (SSSR count). The van der Waals surface area contributed by atoms with Crippen LogP contribution in [0.5, 0.6) is 5.75 Å². The fourth-order valence-corrected chi connectivity index (χ4v) is 3.40.